The van der Waals surface area contributed by atoms with Crippen LogP contribution in [0.5, 0.6) is 5.75 Å². The van der Waals surface area contributed by atoms with E-state index in [4.69, 9.17) is 0 Å². The molecule has 0 saturated carbocycles. The summed E-state index contributed by atoms with van der Waals surface area (Å²) in [6.07, 6.45) is 0.997. The number of likely N-dealkylation sites (N-methyl/N-ethyl adjacent to an activating group) is 1. The number of fused-ring (bicyclic) bond motifs is 3. The second-order valence-electron chi connectivity index (χ2n) is 6.10. The second-order valence-corrected chi connectivity index (χ2v) is 6.10. The van der Waals surface area contributed by atoms with Gasteiger partial charge in [0.2, 0.25) is 0 Å². The number of H-pyrrole nitrogens is 1. The Bertz CT molecular complexity index is 761. The van der Waals surface area contributed by atoms with Crippen LogP contribution in [0.4, 0.5) is 8.78 Å². The van der Waals surface area contributed by atoms with Crippen molar-refractivity contribution in [3.63, 3.8) is 0 Å². The molecular weight excluding hydrogens is 306 g/mol. The second kappa shape index (κ2) is 5.16. The van der Waals surface area contributed by atoms with E-state index in [0.717, 1.165) is 13.0 Å². The van der Waals surface area contributed by atoms with E-state index in [0.29, 0.717) is 29.2 Å². The van der Waals surface area contributed by atoms with Crippen molar-refractivity contribution >= 4 is 16.8 Å². The number of hydrogen-bond donors (Lipinski definition) is 1. The largest absolute Gasteiger partial charge is 0.435 e. The molecule has 1 amide bonds. The molecule has 0 aliphatic carbocycles. The van der Waals surface area contributed by atoms with Gasteiger partial charge in [0.05, 0.1) is 5.52 Å². The van der Waals surface area contributed by atoms with Gasteiger partial charge in [0.15, 0.2) is 5.69 Å². The lowest BCUT2D eigenvalue weighted by Gasteiger charge is -2.31. The van der Waals surface area contributed by atoms with Gasteiger partial charge in [-0.1, -0.05) is 0 Å². The molecule has 2 bridgehead atoms. The van der Waals surface area contributed by atoms with Crippen LogP contribution in [0, 0.1) is 0 Å². The molecule has 2 fully saturated rings. The van der Waals surface area contributed by atoms with E-state index in [2.05, 4.69) is 26.9 Å². The molecule has 2 atom stereocenters. The van der Waals surface area contributed by atoms with E-state index < -0.39 is 6.61 Å². The third-order valence-corrected chi connectivity index (χ3v) is 4.74. The van der Waals surface area contributed by atoms with Crippen LogP contribution in [0.1, 0.15) is 16.9 Å². The Labute approximate surface area is 131 Å². The van der Waals surface area contributed by atoms with Gasteiger partial charge >= 0.3 is 6.61 Å². The molecule has 122 valence electrons. The number of nitrogens with zero attached hydrogens (tertiary/aromatic N) is 3. The highest BCUT2D eigenvalue weighted by Gasteiger charge is 2.44. The van der Waals surface area contributed by atoms with Crippen LogP contribution in [0.15, 0.2) is 18.2 Å². The molecule has 1 N–H and O–H groups in total. The summed E-state index contributed by atoms with van der Waals surface area (Å²) in [7, 11) is 2.07. The van der Waals surface area contributed by atoms with E-state index in [1.807, 2.05) is 4.90 Å². The van der Waals surface area contributed by atoms with Crippen molar-refractivity contribution in [3.05, 3.63) is 23.9 Å². The zero-order chi connectivity index (χ0) is 16.1. The smallest absolute Gasteiger partial charge is 0.387 e. The lowest BCUT2D eigenvalue weighted by atomic mass is 10.1. The Morgan fingerprint density at radius 3 is 2.87 bits per heavy atom. The van der Waals surface area contributed by atoms with Gasteiger partial charge < -0.3 is 9.64 Å². The first kappa shape index (κ1) is 14.4. The number of hydrogen-bond acceptors (Lipinski definition) is 4. The van der Waals surface area contributed by atoms with Gasteiger partial charge in [-0.25, -0.2) is 0 Å². The summed E-state index contributed by atoms with van der Waals surface area (Å²) in [6.45, 7) is -1.29. The Balaban J connectivity index is 1.61. The van der Waals surface area contributed by atoms with Crippen LogP contribution < -0.4 is 4.74 Å². The first-order valence-electron chi connectivity index (χ1n) is 7.47. The third-order valence-electron chi connectivity index (χ3n) is 4.74. The molecular formula is C15H16F2N4O2. The number of likely N-dealkylation sites (tertiary alicyclic amines) is 2. The number of benzene rings is 1. The van der Waals surface area contributed by atoms with Gasteiger partial charge in [-0.05, 0) is 25.6 Å². The fourth-order valence-electron chi connectivity index (χ4n) is 3.59. The van der Waals surface area contributed by atoms with Gasteiger partial charge in [0.1, 0.15) is 5.75 Å². The van der Waals surface area contributed by atoms with E-state index in [1.165, 1.54) is 12.1 Å². The number of carbonyl (C=O) groups excluding carboxylic acids is 1. The summed E-state index contributed by atoms with van der Waals surface area (Å²) in [4.78, 5) is 16.9. The van der Waals surface area contributed by atoms with Crippen LogP contribution >= 0.6 is 0 Å². The van der Waals surface area contributed by atoms with Gasteiger partial charge in [-0.3, -0.25) is 14.8 Å². The molecule has 2 unspecified atom stereocenters. The molecule has 0 radical (unpaired) electrons. The van der Waals surface area contributed by atoms with Crippen LogP contribution in [0.2, 0.25) is 0 Å². The summed E-state index contributed by atoms with van der Waals surface area (Å²) < 4.78 is 28.9. The van der Waals surface area contributed by atoms with Gasteiger partial charge in [0.25, 0.3) is 5.91 Å². The van der Waals surface area contributed by atoms with Crippen molar-refractivity contribution in [1.82, 2.24) is 20.0 Å². The van der Waals surface area contributed by atoms with Gasteiger partial charge in [-0.2, -0.15) is 13.9 Å². The molecule has 1 aromatic carbocycles. The number of aromatic nitrogens is 2. The number of alkyl halides is 2. The SMILES string of the molecule is CN1CC2CC1CN2C(=O)c1n[nH]c2cc(OC(F)F)ccc12. The fraction of sp³-hybridized carbons (Fsp3) is 0.467. The lowest BCUT2D eigenvalue weighted by molar-refractivity contribution is -0.0497. The minimum absolute atomic E-state index is 0.0389. The predicted molar refractivity (Wildman–Crippen MR) is 78.6 cm³/mol. The van der Waals surface area contributed by atoms with Crippen molar-refractivity contribution in [1.29, 1.82) is 0 Å². The van der Waals surface area contributed by atoms with Crippen LogP contribution in [-0.4, -0.2) is 64.7 Å². The molecule has 2 aliphatic rings. The normalized spacial score (nSPS) is 24.1. The zero-order valence-corrected chi connectivity index (χ0v) is 12.5. The molecule has 0 spiro atoms. The van der Waals surface area contributed by atoms with Crippen LogP contribution in [-0.2, 0) is 0 Å². The average molecular weight is 322 g/mol. The monoisotopic (exact) mass is 322 g/mol. The first-order chi connectivity index (χ1) is 11.0. The van der Waals surface area contributed by atoms with Crippen molar-refractivity contribution in [2.45, 2.75) is 25.1 Å². The van der Waals surface area contributed by atoms with Crippen LogP contribution in [0.3, 0.4) is 0 Å². The van der Waals surface area contributed by atoms with Crippen molar-refractivity contribution in [2.24, 2.45) is 0 Å². The molecule has 6 nitrogen and oxygen atoms in total. The highest BCUT2D eigenvalue weighted by molar-refractivity contribution is 6.05. The van der Waals surface area contributed by atoms with Gasteiger partial charge in [-0.15, -0.1) is 0 Å². The molecule has 23 heavy (non-hydrogen) atoms. The van der Waals surface area contributed by atoms with E-state index in [1.54, 1.807) is 6.07 Å². The van der Waals surface area contributed by atoms with E-state index in [9.17, 15) is 13.6 Å². The third kappa shape index (κ3) is 2.33. The Hall–Kier alpha value is -2.22. The Kier molecular flexibility index (Phi) is 3.22. The summed E-state index contributed by atoms with van der Waals surface area (Å²) in [6, 6.07) is 5.08. The van der Waals surface area contributed by atoms with Crippen molar-refractivity contribution in [3.8, 4) is 5.75 Å². The van der Waals surface area contributed by atoms with Gasteiger partial charge in [0, 0.05) is 36.6 Å². The highest BCUT2D eigenvalue weighted by atomic mass is 19.3. The average Bonchev–Trinajstić information content (AvgIpc) is 3.18. The maximum Gasteiger partial charge on any atom is 0.387 e. The summed E-state index contributed by atoms with van der Waals surface area (Å²) in [5.74, 6) is -0.0728. The van der Waals surface area contributed by atoms with Crippen LogP contribution in [0.25, 0.3) is 10.9 Å². The molecule has 1 aromatic heterocycles. The highest BCUT2D eigenvalue weighted by Crippen LogP contribution is 2.32. The maximum absolute atomic E-state index is 12.8. The van der Waals surface area contributed by atoms with E-state index >= 15 is 0 Å². The number of piperazine rings is 1. The van der Waals surface area contributed by atoms with Crippen molar-refractivity contribution in [2.75, 3.05) is 20.1 Å². The summed E-state index contributed by atoms with van der Waals surface area (Å²) in [5.41, 5.74) is 0.840. The molecule has 2 aliphatic heterocycles. The number of carbonyl (C=O) groups is 1. The topological polar surface area (TPSA) is 61.5 Å². The Morgan fingerprint density at radius 1 is 1.39 bits per heavy atom. The predicted octanol–water partition coefficient (Wildman–Crippen LogP) is 1.69. The quantitative estimate of drug-likeness (QED) is 0.934. The standard InChI is InChI=1S/C15H16F2N4O2/c1-20-6-9-4-8(20)7-21(9)14(22)13-11-3-2-10(23-15(16)17)5-12(11)18-19-13/h2-3,5,8-9,15H,4,6-7H2,1H3,(H,18,19). The molecule has 2 aromatic rings. The lowest BCUT2D eigenvalue weighted by Crippen LogP contribution is -2.47. The number of rotatable bonds is 3. The zero-order valence-electron chi connectivity index (χ0n) is 12.5. The molecule has 3 heterocycles. The number of nitrogens with one attached hydrogen (secondary N) is 1. The number of halogens is 2. The maximum atomic E-state index is 12.8. The molecule has 2 saturated heterocycles. The number of amides is 1. The molecule has 8 heteroatoms. The van der Waals surface area contributed by atoms with E-state index in [-0.39, 0.29) is 17.7 Å². The minimum atomic E-state index is -2.88. The summed E-state index contributed by atoms with van der Waals surface area (Å²) in [5, 5.41) is 7.43. The number of aromatic amines is 1. The number of ether oxygens (including phenoxy) is 1. The first-order valence-corrected chi connectivity index (χ1v) is 7.47. The summed E-state index contributed by atoms with van der Waals surface area (Å²) >= 11 is 0. The molecule has 4 rings (SSSR count). The Morgan fingerprint density at radius 2 is 2.22 bits per heavy atom. The van der Waals surface area contributed by atoms with Crippen molar-refractivity contribution < 1.29 is 18.3 Å². The minimum Gasteiger partial charge on any atom is -0.435 e. The fourth-order valence-corrected chi connectivity index (χ4v) is 3.59.